The number of aryl methyl sites for hydroxylation is 1. The van der Waals surface area contributed by atoms with Crippen molar-refractivity contribution in [1.82, 2.24) is 4.98 Å². The zero-order valence-corrected chi connectivity index (χ0v) is 10.8. The Bertz CT molecular complexity index is 409. The van der Waals surface area contributed by atoms with Gasteiger partial charge in [0.05, 0.1) is 18.7 Å². The van der Waals surface area contributed by atoms with Gasteiger partial charge in [-0.05, 0) is 19.8 Å². The van der Waals surface area contributed by atoms with E-state index in [1.54, 1.807) is 11.3 Å². The van der Waals surface area contributed by atoms with Crippen LogP contribution in [-0.4, -0.2) is 17.6 Å². The molecule has 0 bridgehead atoms. The van der Waals surface area contributed by atoms with E-state index in [4.69, 9.17) is 4.74 Å². The van der Waals surface area contributed by atoms with Gasteiger partial charge in [0.2, 0.25) is 0 Å². The number of nitrogens with zero attached hydrogens (tertiary/aromatic N) is 1. The Morgan fingerprint density at radius 1 is 1.56 bits per heavy atom. The summed E-state index contributed by atoms with van der Waals surface area (Å²) in [6.07, 6.45) is 2.59. The molecule has 0 aromatic carbocycles. The molecule has 0 atom stereocenters. The van der Waals surface area contributed by atoms with Gasteiger partial charge in [0, 0.05) is 10.3 Å². The first-order chi connectivity index (χ1) is 7.53. The van der Waals surface area contributed by atoms with E-state index in [9.17, 15) is 4.79 Å². The number of aromatic nitrogens is 1. The van der Waals surface area contributed by atoms with Crippen molar-refractivity contribution in [2.45, 2.75) is 45.4 Å². The Kier molecular flexibility index (Phi) is 3.02. The lowest BCUT2D eigenvalue weighted by atomic mass is 9.91. The maximum absolute atomic E-state index is 11.3. The summed E-state index contributed by atoms with van der Waals surface area (Å²) in [6, 6.07) is 0. The highest BCUT2D eigenvalue weighted by molar-refractivity contribution is 7.11. The molecule has 0 aliphatic heterocycles. The van der Waals surface area contributed by atoms with Crippen molar-refractivity contribution in [3.05, 3.63) is 15.6 Å². The van der Waals surface area contributed by atoms with Crippen molar-refractivity contribution >= 4 is 17.3 Å². The monoisotopic (exact) mass is 239 g/mol. The Balaban J connectivity index is 2.12. The van der Waals surface area contributed by atoms with Gasteiger partial charge in [-0.2, -0.15) is 0 Å². The summed E-state index contributed by atoms with van der Waals surface area (Å²) in [4.78, 5) is 17.3. The molecule has 1 aromatic rings. The molecule has 0 unspecified atom stereocenters. The summed E-state index contributed by atoms with van der Waals surface area (Å²) in [7, 11) is 0. The molecule has 16 heavy (non-hydrogen) atoms. The summed E-state index contributed by atoms with van der Waals surface area (Å²) in [5.41, 5.74) is 1.37. The number of fused-ring (bicyclic) bond motifs is 1. The number of thiazole rings is 1. The molecule has 1 aliphatic rings. The van der Waals surface area contributed by atoms with Crippen LogP contribution in [0.5, 0.6) is 0 Å². The van der Waals surface area contributed by atoms with Crippen LogP contribution in [0.25, 0.3) is 0 Å². The molecular formula is C12H17NO2S. The molecule has 0 spiro atoms. The third-order valence-corrected chi connectivity index (χ3v) is 4.08. The number of rotatable bonds is 3. The maximum atomic E-state index is 11.3. The van der Waals surface area contributed by atoms with E-state index >= 15 is 0 Å². The number of ether oxygens (including phenoxy) is 1. The van der Waals surface area contributed by atoms with Crippen LogP contribution < -0.4 is 0 Å². The van der Waals surface area contributed by atoms with E-state index in [0.717, 1.165) is 11.4 Å². The van der Waals surface area contributed by atoms with E-state index in [1.165, 1.54) is 17.0 Å². The van der Waals surface area contributed by atoms with Crippen molar-refractivity contribution in [2.75, 3.05) is 6.61 Å². The van der Waals surface area contributed by atoms with E-state index < -0.39 is 0 Å². The number of esters is 1. The standard InChI is InChI=1S/C12H17NO2S/c1-4-15-10(14)7-9-13-11-8(16-9)5-6-12(11,2)3/h4-7H2,1-3H3. The van der Waals surface area contributed by atoms with Crippen LogP contribution >= 0.6 is 11.3 Å². The van der Waals surface area contributed by atoms with Gasteiger partial charge in [-0.1, -0.05) is 13.8 Å². The van der Waals surface area contributed by atoms with Crippen LogP contribution in [-0.2, 0) is 27.8 Å². The van der Waals surface area contributed by atoms with Crippen molar-refractivity contribution in [3.63, 3.8) is 0 Å². The minimum absolute atomic E-state index is 0.173. The Labute approximate surface area is 99.8 Å². The molecule has 0 amide bonds. The van der Waals surface area contributed by atoms with Gasteiger partial charge in [0.15, 0.2) is 0 Å². The van der Waals surface area contributed by atoms with Crippen molar-refractivity contribution in [3.8, 4) is 0 Å². The molecule has 88 valence electrons. The van der Waals surface area contributed by atoms with Gasteiger partial charge in [-0.15, -0.1) is 11.3 Å². The van der Waals surface area contributed by atoms with Gasteiger partial charge in [0.1, 0.15) is 5.01 Å². The van der Waals surface area contributed by atoms with Gasteiger partial charge in [-0.3, -0.25) is 4.79 Å². The van der Waals surface area contributed by atoms with E-state index in [2.05, 4.69) is 18.8 Å². The van der Waals surface area contributed by atoms with Crippen LogP contribution in [0.4, 0.5) is 0 Å². The zero-order chi connectivity index (χ0) is 11.8. The van der Waals surface area contributed by atoms with Crippen LogP contribution in [0.15, 0.2) is 0 Å². The molecular weight excluding hydrogens is 222 g/mol. The average molecular weight is 239 g/mol. The average Bonchev–Trinajstić information content (AvgIpc) is 2.69. The highest BCUT2D eigenvalue weighted by Gasteiger charge is 2.33. The second-order valence-electron chi connectivity index (χ2n) is 4.75. The highest BCUT2D eigenvalue weighted by atomic mass is 32.1. The number of carbonyl (C=O) groups is 1. The molecule has 1 aromatic heterocycles. The first-order valence-electron chi connectivity index (χ1n) is 5.67. The molecule has 2 rings (SSSR count). The van der Waals surface area contributed by atoms with Crippen LogP contribution in [0.2, 0.25) is 0 Å². The topological polar surface area (TPSA) is 39.2 Å². The Hall–Kier alpha value is -0.900. The summed E-state index contributed by atoms with van der Waals surface area (Å²) in [6.45, 7) is 6.69. The molecule has 0 radical (unpaired) electrons. The summed E-state index contributed by atoms with van der Waals surface area (Å²) in [5.74, 6) is -0.173. The third kappa shape index (κ3) is 2.12. The predicted molar refractivity (Wildman–Crippen MR) is 63.8 cm³/mol. The molecule has 1 heterocycles. The first-order valence-corrected chi connectivity index (χ1v) is 6.49. The molecule has 3 nitrogen and oxygen atoms in total. The van der Waals surface area contributed by atoms with Crippen LogP contribution in [0.1, 0.15) is 42.8 Å². The second kappa shape index (κ2) is 4.17. The molecule has 0 saturated carbocycles. The number of hydrogen-bond donors (Lipinski definition) is 0. The SMILES string of the molecule is CCOC(=O)Cc1nc2c(s1)CCC2(C)C. The lowest BCUT2D eigenvalue weighted by Crippen LogP contribution is -2.14. The van der Waals surface area contributed by atoms with Crippen molar-refractivity contribution in [1.29, 1.82) is 0 Å². The Morgan fingerprint density at radius 3 is 2.94 bits per heavy atom. The van der Waals surface area contributed by atoms with Crippen LogP contribution in [0.3, 0.4) is 0 Å². The van der Waals surface area contributed by atoms with Crippen molar-refractivity contribution in [2.24, 2.45) is 0 Å². The molecule has 0 N–H and O–H groups in total. The van der Waals surface area contributed by atoms with E-state index in [1.807, 2.05) is 6.92 Å². The largest absolute Gasteiger partial charge is 0.466 e. The van der Waals surface area contributed by atoms with E-state index in [0.29, 0.717) is 13.0 Å². The molecule has 1 aliphatic carbocycles. The quantitative estimate of drug-likeness (QED) is 0.761. The number of carbonyl (C=O) groups excluding carboxylic acids is 1. The Morgan fingerprint density at radius 2 is 2.31 bits per heavy atom. The second-order valence-corrected chi connectivity index (χ2v) is 5.91. The van der Waals surface area contributed by atoms with Gasteiger partial charge in [0.25, 0.3) is 0 Å². The molecule has 0 fully saturated rings. The third-order valence-electron chi connectivity index (χ3n) is 2.96. The lowest BCUT2D eigenvalue weighted by molar-refractivity contribution is -0.142. The normalized spacial score (nSPS) is 17.2. The predicted octanol–water partition coefficient (Wildman–Crippen LogP) is 2.47. The summed E-state index contributed by atoms with van der Waals surface area (Å²) >= 11 is 1.67. The van der Waals surface area contributed by atoms with Crippen LogP contribution in [0, 0.1) is 0 Å². The summed E-state index contributed by atoms with van der Waals surface area (Å²) < 4.78 is 4.93. The van der Waals surface area contributed by atoms with E-state index in [-0.39, 0.29) is 11.4 Å². The van der Waals surface area contributed by atoms with Gasteiger partial charge >= 0.3 is 5.97 Å². The lowest BCUT2D eigenvalue weighted by Gasteiger charge is -2.15. The fourth-order valence-corrected chi connectivity index (χ4v) is 3.29. The number of hydrogen-bond acceptors (Lipinski definition) is 4. The highest BCUT2D eigenvalue weighted by Crippen LogP contribution is 2.40. The van der Waals surface area contributed by atoms with Crippen molar-refractivity contribution < 1.29 is 9.53 Å². The maximum Gasteiger partial charge on any atom is 0.312 e. The summed E-state index contributed by atoms with van der Waals surface area (Å²) in [5, 5.41) is 0.899. The minimum Gasteiger partial charge on any atom is -0.466 e. The van der Waals surface area contributed by atoms with Gasteiger partial charge < -0.3 is 4.74 Å². The molecule has 0 saturated heterocycles. The fourth-order valence-electron chi connectivity index (χ4n) is 2.05. The smallest absolute Gasteiger partial charge is 0.312 e. The minimum atomic E-state index is -0.173. The fraction of sp³-hybridized carbons (Fsp3) is 0.667. The zero-order valence-electron chi connectivity index (χ0n) is 10.0. The molecule has 4 heteroatoms. The first kappa shape index (κ1) is 11.6. The van der Waals surface area contributed by atoms with Gasteiger partial charge in [-0.25, -0.2) is 4.98 Å².